The topological polar surface area (TPSA) is 63.2 Å². The van der Waals surface area contributed by atoms with Crippen LogP contribution in [0.4, 0.5) is 0 Å². The molecule has 4 aliphatic heterocycles. The molecule has 1 spiro atoms. The molecule has 0 amide bonds. The number of hydrogen-bond donors (Lipinski definition) is 0. The lowest BCUT2D eigenvalue weighted by Gasteiger charge is -2.60. The summed E-state index contributed by atoms with van der Waals surface area (Å²) in [5.74, 6) is -0.0436. The predicted octanol–water partition coefficient (Wildman–Crippen LogP) is 3.78. The van der Waals surface area contributed by atoms with Crippen LogP contribution in [-0.2, 0) is 28.8 Å². The van der Waals surface area contributed by atoms with Gasteiger partial charge < -0.3 is 14.2 Å². The summed E-state index contributed by atoms with van der Waals surface area (Å²) in [6.45, 7) is 11.8. The summed E-state index contributed by atoms with van der Waals surface area (Å²) in [5.41, 5.74) is -1.19. The van der Waals surface area contributed by atoms with E-state index in [1.54, 1.807) is 0 Å². The van der Waals surface area contributed by atoms with E-state index in [9.17, 15) is 4.79 Å². The maximum absolute atomic E-state index is 12.5. The maximum Gasteiger partial charge on any atom is 0.313 e. The molecule has 0 aromatic carbocycles. The molecular weight excluding hydrogens is 336 g/mol. The molecule has 4 saturated heterocycles. The second kappa shape index (κ2) is 5.90. The van der Waals surface area contributed by atoms with Crippen molar-refractivity contribution in [2.45, 2.75) is 91.2 Å². The maximum atomic E-state index is 12.5. The molecule has 5 aliphatic rings. The Kier molecular flexibility index (Phi) is 4.24. The highest BCUT2D eigenvalue weighted by atomic mass is 17.3. The van der Waals surface area contributed by atoms with Gasteiger partial charge in [0.25, 0.3) is 0 Å². The van der Waals surface area contributed by atoms with Gasteiger partial charge in [-0.3, -0.25) is 4.79 Å². The van der Waals surface area contributed by atoms with E-state index < -0.39 is 29.4 Å². The molecular formula is C20H32O6. The highest BCUT2D eigenvalue weighted by Gasteiger charge is 2.69. The molecule has 5 fully saturated rings. The Bertz CT molecular complexity index is 585. The van der Waals surface area contributed by atoms with Crippen molar-refractivity contribution in [3.63, 3.8) is 0 Å². The predicted molar refractivity (Wildman–Crippen MR) is 92.4 cm³/mol. The summed E-state index contributed by atoms with van der Waals surface area (Å²) in [6.07, 6.45) is 2.70. The van der Waals surface area contributed by atoms with Crippen LogP contribution in [0.3, 0.4) is 0 Å². The summed E-state index contributed by atoms with van der Waals surface area (Å²) in [4.78, 5) is 24.3. The first-order valence-electron chi connectivity index (χ1n) is 9.98. The molecule has 0 aromatic heterocycles. The van der Waals surface area contributed by atoms with Crippen LogP contribution >= 0.6 is 0 Å². The van der Waals surface area contributed by atoms with Crippen LogP contribution in [0.2, 0.25) is 0 Å². The van der Waals surface area contributed by atoms with Gasteiger partial charge >= 0.3 is 5.97 Å². The van der Waals surface area contributed by atoms with Gasteiger partial charge in [0, 0.05) is 18.3 Å². The first-order chi connectivity index (χ1) is 12.1. The van der Waals surface area contributed by atoms with Crippen molar-refractivity contribution in [2.24, 2.45) is 29.1 Å². The highest BCUT2D eigenvalue weighted by molar-refractivity contribution is 5.75. The molecule has 2 unspecified atom stereocenters. The number of rotatable bonds is 1. The van der Waals surface area contributed by atoms with Crippen molar-refractivity contribution in [1.29, 1.82) is 0 Å². The molecule has 0 aromatic rings. The Morgan fingerprint density at radius 2 is 1.81 bits per heavy atom. The Morgan fingerprint density at radius 1 is 1.08 bits per heavy atom. The van der Waals surface area contributed by atoms with Gasteiger partial charge in [0.1, 0.15) is 0 Å². The van der Waals surface area contributed by atoms with Crippen molar-refractivity contribution >= 4 is 5.97 Å². The third-order valence-corrected chi connectivity index (χ3v) is 6.93. The summed E-state index contributed by atoms with van der Waals surface area (Å²) in [7, 11) is 0. The third-order valence-electron chi connectivity index (χ3n) is 6.93. The van der Waals surface area contributed by atoms with Crippen LogP contribution in [0.1, 0.15) is 67.2 Å². The summed E-state index contributed by atoms with van der Waals surface area (Å²) in [6, 6.07) is 0. The van der Waals surface area contributed by atoms with E-state index in [0.29, 0.717) is 11.8 Å². The van der Waals surface area contributed by atoms with Crippen molar-refractivity contribution in [2.75, 3.05) is 0 Å². The number of fused-ring (bicyclic) bond motifs is 2. The van der Waals surface area contributed by atoms with Crippen molar-refractivity contribution in [3.8, 4) is 0 Å². The van der Waals surface area contributed by atoms with Crippen LogP contribution in [0.15, 0.2) is 0 Å². The molecule has 0 radical (unpaired) electrons. The average molecular weight is 368 g/mol. The molecule has 5 rings (SSSR count). The van der Waals surface area contributed by atoms with Gasteiger partial charge in [0.15, 0.2) is 11.9 Å². The Morgan fingerprint density at radius 3 is 2.50 bits per heavy atom. The van der Waals surface area contributed by atoms with E-state index >= 15 is 0 Å². The van der Waals surface area contributed by atoms with Crippen molar-refractivity contribution < 1.29 is 28.8 Å². The standard InChI is InChI=1S/C20H32O6/c1-11-7-8-14-12(2)15(22-16(21)18(3,4)5)23-17-20(14)13(11)9-10-19(6,24-17)25-26-20/h11-15,17H,7-10H2,1-6H3/t11-,12-,13+,14?,15?,17-,19-,20-/m1/s1. The second-order valence-electron chi connectivity index (χ2n) is 9.93. The number of carbonyl (C=O) groups excluding carboxylic acids is 1. The molecule has 1 saturated carbocycles. The summed E-state index contributed by atoms with van der Waals surface area (Å²) in [5, 5.41) is 0. The number of esters is 1. The summed E-state index contributed by atoms with van der Waals surface area (Å²) < 4.78 is 18.3. The molecule has 0 N–H and O–H groups in total. The van der Waals surface area contributed by atoms with E-state index in [4.69, 9.17) is 24.0 Å². The lowest BCUT2D eigenvalue weighted by atomic mass is 9.58. The van der Waals surface area contributed by atoms with Gasteiger partial charge in [-0.2, -0.15) is 0 Å². The fraction of sp³-hybridized carbons (Fsp3) is 0.950. The van der Waals surface area contributed by atoms with E-state index in [-0.39, 0.29) is 17.8 Å². The van der Waals surface area contributed by atoms with Crippen molar-refractivity contribution in [3.05, 3.63) is 0 Å². The molecule has 148 valence electrons. The van der Waals surface area contributed by atoms with Gasteiger partial charge in [-0.15, -0.1) is 0 Å². The Hall–Kier alpha value is -0.690. The average Bonchev–Trinajstić information content (AvgIpc) is 2.77. The first kappa shape index (κ1) is 18.7. The zero-order chi connectivity index (χ0) is 18.9. The molecule has 2 bridgehead atoms. The molecule has 1 aliphatic carbocycles. The monoisotopic (exact) mass is 368 g/mol. The van der Waals surface area contributed by atoms with Gasteiger partial charge in [-0.05, 0) is 58.8 Å². The van der Waals surface area contributed by atoms with Gasteiger partial charge in [0.2, 0.25) is 12.1 Å². The van der Waals surface area contributed by atoms with Gasteiger partial charge in [-0.1, -0.05) is 13.8 Å². The first-order valence-corrected chi connectivity index (χ1v) is 9.98. The largest absolute Gasteiger partial charge is 0.435 e. The third kappa shape index (κ3) is 2.64. The van der Waals surface area contributed by atoms with E-state index in [0.717, 1.165) is 25.7 Å². The molecule has 6 heteroatoms. The fourth-order valence-electron chi connectivity index (χ4n) is 5.29. The highest BCUT2D eigenvalue weighted by Crippen LogP contribution is 2.60. The van der Waals surface area contributed by atoms with Crippen LogP contribution in [0, 0.1) is 29.1 Å². The van der Waals surface area contributed by atoms with Crippen molar-refractivity contribution in [1.82, 2.24) is 0 Å². The number of carbonyl (C=O) groups is 1. The lowest BCUT2D eigenvalue weighted by molar-refractivity contribution is -0.576. The quantitative estimate of drug-likeness (QED) is 0.518. The summed E-state index contributed by atoms with van der Waals surface area (Å²) >= 11 is 0. The fourth-order valence-corrected chi connectivity index (χ4v) is 5.29. The Labute approximate surface area is 155 Å². The van der Waals surface area contributed by atoms with Gasteiger partial charge in [-0.25, -0.2) is 9.78 Å². The SMILES string of the molecule is C[C@H]1C(OC(=O)C(C)(C)C)O[C@@H]2O[C@@]3(C)CC[C@H]4[C@H](C)CCC1[C@@]24OO3. The number of hydrogen-bond acceptors (Lipinski definition) is 6. The molecule has 4 heterocycles. The van der Waals surface area contributed by atoms with E-state index in [2.05, 4.69) is 13.8 Å². The van der Waals surface area contributed by atoms with E-state index in [1.807, 2.05) is 27.7 Å². The number of ether oxygens (including phenoxy) is 3. The van der Waals surface area contributed by atoms with Gasteiger partial charge in [0.05, 0.1) is 5.41 Å². The molecule has 6 nitrogen and oxygen atoms in total. The smallest absolute Gasteiger partial charge is 0.313 e. The van der Waals surface area contributed by atoms with Crippen LogP contribution in [-0.4, -0.2) is 29.9 Å². The minimum Gasteiger partial charge on any atom is -0.435 e. The minimum atomic E-state index is -0.809. The Balaban J connectivity index is 1.67. The van der Waals surface area contributed by atoms with Crippen LogP contribution < -0.4 is 0 Å². The lowest BCUT2D eigenvalue weighted by Crippen LogP contribution is -2.70. The zero-order valence-corrected chi connectivity index (χ0v) is 16.7. The minimum absolute atomic E-state index is 0.0159. The molecule has 26 heavy (non-hydrogen) atoms. The second-order valence-corrected chi connectivity index (χ2v) is 9.93. The normalized spacial score (nSPS) is 50.7. The van der Waals surface area contributed by atoms with Crippen LogP contribution in [0.5, 0.6) is 0 Å². The van der Waals surface area contributed by atoms with Crippen LogP contribution in [0.25, 0.3) is 0 Å². The van der Waals surface area contributed by atoms with E-state index in [1.165, 1.54) is 0 Å². The molecule has 8 atom stereocenters. The zero-order valence-electron chi connectivity index (χ0n) is 16.7.